The van der Waals surface area contributed by atoms with Crippen LogP contribution in [0.1, 0.15) is 52.8 Å². The molecule has 0 spiro atoms. The number of rotatable bonds is 5. The molecular formula is C24H30N8O. The van der Waals surface area contributed by atoms with Crippen LogP contribution < -0.4 is 5.32 Å². The molecule has 33 heavy (non-hydrogen) atoms. The van der Waals surface area contributed by atoms with Crippen molar-refractivity contribution < 1.29 is 4.79 Å². The second kappa shape index (κ2) is 9.48. The highest BCUT2D eigenvalue weighted by atomic mass is 16.2. The van der Waals surface area contributed by atoms with Crippen LogP contribution >= 0.6 is 0 Å². The minimum absolute atomic E-state index is 0.00149. The normalized spacial score (nSPS) is 16.4. The van der Waals surface area contributed by atoms with Crippen LogP contribution in [0.25, 0.3) is 6.08 Å². The van der Waals surface area contributed by atoms with E-state index in [2.05, 4.69) is 30.4 Å². The van der Waals surface area contributed by atoms with E-state index in [1.165, 1.54) is 0 Å². The molecule has 9 heteroatoms. The highest BCUT2D eigenvalue weighted by molar-refractivity contribution is 5.92. The summed E-state index contributed by atoms with van der Waals surface area (Å²) in [7, 11) is 1.91. The maximum Gasteiger partial charge on any atom is 0.246 e. The molecule has 0 unspecified atom stereocenters. The van der Waals surface area contributed by atoms with Crippen LogP contribution in [0.2, 0.25) is 0 Å². The number of carbonyl (C=O) groups is 1. The summed E-state index contributed by atoms with van der Waals surface area (Å²) in [4.78, 5) is 32.9. The lowest BCUT2D eigenvalue weighted by Crippen LogP contribution is -2.38. The number of hydrogen-bond donors (Lipinski definition) is 1. The summed E-state index contributed by atoms with van der Waals surface area (Å²) in [6.45, 7) is 9.15. The Morgan fingerprint density at radius 3 is 2.55 bits per heavy atom. The number of likely N-dealkylation sites (tertiary alicyclic amines) is 1. The molecule has 4 rings (SSSR count). The maximum atomic E-state index is 13.0. The smallest absolute Gasteiger partial charge is 0.246 e. The monoisotopic (exact) mass is 446 g/mol. The van der Waals surface area contributed by atoms with Gasteiger partial charge in [0.15, 0.2) is 5.82 Å². The number of nitrogens with one attached hydrogen (secondary N) is 1. The fourth-order valence-corrected chi connectivity index (χ4v) is 4.32. The lowest BCUT2D eigenvalue weighted by atomic mass is 9.94. The minimum atomic E-state index is -0.00149. The first-order chi connectivity index (χ1) is 15.8. The zero-order chi connectivity index (χ0) is 23.5. The zero-order valence-electron chi connectivity index (χ0n) is 19.8. The fourth-order valence-electron chi connectivity index (χ4n) is 4.32. The van der Waals surface area contributed by atoms with E-state index in [0.717, 1.165) is 53.4 Å². The Morgan fingerprint density at radius 1 is 1.12 bits per heavy atom. The molecule has 1 amide bonds. The van der Waals surface area contributed by atoms with E-state index in [1.54, 1.807) is 18.5 Å². The minimum Gasteiger partial charge on any atom is -0.338 e. The van der Waals surface area contributed by atoms with Gasteiger partial charge in [0.2, 0.25) is 11.9 Å². The van der Waals surface area contributed by atoms with E-state index in [9.17, 15) is 4.79 Å². The van der Waals surface area contributed by atoms with E-state index >= 15 is 0 Å². The van der Waals surface area contributed by atoms with Crippen molar-refractivity contribution in [2.75, 3.05) is 18.4 Å². The van der Waals surface area contributed by atoms with E-state index in [1.807, 2.05) is 56.5 Å². The van der Waals surface area contributed by atoms with Gasteiger partial charge in [-0.2, -0.15) is 5.10 Å². The van der Waals surface area contributed by atoms with Crippen molar-refractivity contribution in [1.82, 2.24) is 34.6 Å². The van der Waals surface area contributed by atoms with Gasteiger partial charge in [0.25, 0.3) is 0 Å². The first-order valence-corrected chi connectivity index (χ1v) is 11.2. The number of piperidine rings is 1. The Morgan fingerprint density at radius 2 is 1.85 bits per heavy atom. The summed E-state index contributed by atoms with van der Waals surface area (Å²) in [5.41, 5.74) is 5.55. The molecular weight excluding hydrogens is 416 g/mol. The number of aryl methyl sites for hydroxylation is 4. The molecule has 1 N–H and O–H groups in total. The van der Waals surface area contributed by atoms with E-state index in [0.29, 0.717) is 18.3 Å². The molecule has 0 bridgehead atoms. The van der Waals surface area contributed by atoms with Crippen molar-refractivity contribution in [2.24, 2.45) is 7.05 Å². The number of hydrogen-bond acceptors (Lipinski definition) is 7. The summed E-state index contributed by atoms with van der Waals surface area (Å²) in [5.74, 6) is 1.22. The number of anilines is 2. The Balaban J connectivity index is 1.50. The van der Waals surface area contributed by atoms with Crippen molar-refractivity contribution in [3.63, 3.8) is 0 Å². The SMILES string of the molecule is Cc1cc(C)nc(Nc2nccnc2[C@H]2CCCN(C(=O)/C=C/c3c(C)nn(C)c3C)C2)n1. The molecule has 3 aromatic heterocycles. The van der Waals surface area contributed by atoms with Gasteiger partial charge >= 0.3 is 0 Å². The molecule has 1 aliphatic rings. The van der Waals surface area contributed by atoms with Crippen LogP contribution in [0.3, 0.4) is 0 Å². The molecule has 1 atom stereocenters. The molecule has 0 aliphatic carbocycles. The third kappa shape index (κ3) is 5.08. The van der Waals surface area contributed by atoms with Crippen molar-refractivity contribution >= 4 is 23.7 Å². The average molecular weight is 447 g/mol. The predicted octanol–water partition coefficient (Wildman–Crippen LogP) is 3.40. The summed E-state index contributed by atoms with van der Waals surface area (Å²) < 4.78 is 1.83. The largest absolute Gasteiger partial charge is 0.338 e. The molecule has 3 aromatic rings. The van der Waals surface area contributed by atoms with Crippen molar-refractivity contribution in [2.45, 2.75) is 46.5 Å². The highest BCUT2D eigenvalue weighted by Gasteiger charge is 2.27. The number of amides is 1. The quantitative estimate of drug-likeness (QED) is 0.599. The molecule has 0 aromatic carbocycles. The summed E-state index contributed by atoms with van der Waals surface area (Å²) in [5, 5.41) is 7.65. The van der Waals surface area contributed by atoms with Gasteiger partial charge in [-0.25, -0.2) is 15.0 Å². The van der Waals surface area contributed by atoms with Gasteiger partial charge < -0.3 is 10.2 Å². The Kier molecular flexibility index (Phi) is 6.48. The second-order valence-corrected chi connectivity index (χ2v) is 8.55. The van der Waals surface area contributed by atoms with Gasteiger partial charge in [-0.1, -0.05) is 0 Å². The summed E-state index contributed by atoms with van der Waals surface area (Å²) >= 11 is 0. The topological polar surface area (TPSA) is 102 Å². The van der Waals surface area contributed by atoms with Crippen LogP contribution in [0.15, 0.2) is 24.5 Å². The van der Waals surface area contributed by atoms with Crippen molar-refractivity contribution in [1.29, 1.82) is 0 Å². The average Bonchev–Trinajstić information content (AvgIpc) is 3.02. The first-order valence-electron chi connectivity index (χ1n) is 11.2. The lowest BCUT2D eigenvalue weighted by molar-refractivity contribution is -0.127. The van der Waals surface area contributed by atoms with Crippen LogP contribution in [0.4, 0.5) is 11.8 Å². The molecule has 1 aliphatic heterocycles. The highest BCUT2D eigenvalue weighted by Crippen LogP contribution is 2.30. The van der Waals surface area contributed by atoms with Gasteiger partial charge in [-0.15, -0.1) is 0 Å². The lowest BCUT2D eigenvalue weighted by Gasteiger charge is -2.32. The first kappa shape index (κ1) is 22.6. The molecule has 4 heterocycles. The number of nitrogens with zero attached hydrogens (tertiary/aromatic N) is 7. The van der Waals surface area contributed by atoms with Crippen molar-refractivity contribution in [3.8, 4) is 0 Å². The molecule has 9 nitrogen and oxygen atoms in total. The van der Waals surface area contributed by atoms with Gasteiger partial charge in [0.1, 0.15) is 0 Å². The third-order valence-corrected chi connectivity index (χ3v) is 6.02. The molecule has 0 saturated carbocycles. The zero-order valence-corrected chi connectivity index (χ0v) is 19.8. The van der Waals surface area contributed by atoms with Crippen LogP contribution in [-0.2, 0) is 11.8 Å². The van der Waals surface area contributed by atoms with Crippen molar-refractivity contribution in [3.05, 3.63) is 58.6 Å². The van der Waals surface area contributed by atoms with Gasteiger partial charge in [0, 0.05) is 67.2 Å². The Bertz CT molecular complexity index is 1180. The van der Waals surface area contributed by atoms with Gasteiger partial charge in [-0.3, -0.25) is 14.5 Å². The molecule has 0 radical (unpaired) electrons. The van der Waals surface area contributed by atoms with E-state index in [4.69, 9.17) is 0 Å². The summed E-state index contributed by atoms with van der Waals surface area (Å²) in [6.07, 6.45) is 8.72. The van der Waals surface area contributed by atoms with Crippen LogP contribution in [-0.4, -0.2) is 53.6 Å². The Labute approximate surface area is 194 Å². The molecule has 172 valence electrons. The fraction of sp³-hybridized carbons (Fsp3) is 0.417. The van der Waals surface area contributed by atoms with Gasteiger partial charge in [-0.05, 0) is 52.7 Å². The van der Waals surface area contributed by atoms with Gasteiger partial charge in [0.05, 0.1) is 11.4 Å². The standard InChI is InChI=1S/C24H30N8O/c1-15-13-16(2)28-24(27-15)29-23-22(25-10-11-26-23)19-7-6-12-32(14-19)21(33)9-8-20-17(3)30-31(5)18(20)4/h8-11,13,19H,6-7,12,14H2,1-5H3,(H,26,27,28,29)/b9-8+/t19-/m0/s1. The molecule has 1 saturated heterocycles. The van der Waals surface area contributed by atoms with Crippen LogP contribution in [0.5, 0.6) is 0 Å². The molecule has 1 fully saturated rings. The Hall–Kier alpha value is -3.62. The predicted molar refractivity (Wildman–Crippen MR) is 127 cm³/mol. The van der Waals surface area contributed by atoms with E-state index < -0.39 is 0 Å². The second-order valence-electron chi connectivity index (χ2n) is 8.55. The number of carbonyl (C=O) groups excluding carboxylic acids is 1. The van der Waals surface area contributed by atoms with Crippen LogP contribution in [0, 0.1) is 27.7 Å². The summed E-state index contributed by atoms with van der Waals surface area (Å²) in [6, 6.07) is 1.93. The number of aromatic nitrogens is 6. The third-order valence-electron chi connectivity index (χ3n) is 6.02. The van der Waals surface area contributed by atoms with E-state index in [-0.39, 0.29) is 11.8 Å². The maximum absolute atomic E-state index is 13.0.